The molecule has 1 aliphatic rings. The van der Waals surface area contributed by atoms with Crippen molar-refractivity contribution in [1.29, 1.82) is 0 Å². The average molecular weight is 503 g/mol. The fraction of sp³-hybridized carbons (Fsp3) is 0.370. The predicted octanol–water partition coefficient (Wildman–Crippen LogP) is 4.28. The number of carbonyl (C=O) groups is 2. The van der Waals surface area contributed by atoms with E-state index >= 15 is 0 Å². The molecule has 0 saturated heterocycles. The van der Waals surface area contributed by atoms with Crippen molar-refractivity contribution < 1.29 is 18.4 Å². The number of tetrazole rings is 1. The van der Waals surface area contributed by atoms with Crippen LogP contribution in [0.15, 0.2) is 57.4 Å². The molecule has 10 nitrogen and oxygen atoms in total. The molecule has 1 aliphatic carbocycles. The Balaban J connectivity index is 1.50. The minimum absolute atomic E-state index is 0.0798. The highest BCUT2D eigenvalue weighted by Crippen LogP contribution is 2.32. The highest BCUT2D eigenvalue weighted by molar-refractivity contribution is 6.01. The van der Waals surface area contributed by atoms with Gasteiger partial charge in [-0.2, -0.15) is 4.80 Å². The first-order valence-corrected chi connectivity index (χ1v) is 12.5. The number of rotatable bonds is 8. The van der Waals surface area contributed by atoms with Crippen molar-refractivity contribution in [3.05, 3.63) is 71.4 Å². The number of amides is 2. The van der Waals surface area contributed by atoms with Crippen LogP contribution < -0.4 is 10.2 Å². The Kier molecular flexibility index (Phi) is 6.89. The SMILES string of the molecule is Cc1ccc(-c2nnn(CC(=O)N(c3ccccc3C)C(C(=O)NC3CCCC3)c3ccc(C)o3)n2)o1. The molecule has 0 radical (unpaired) electrons. The van der Waals surface area contributed by atoms with Crippen LogP contribution in [0.2, 0.25) is 0 Å². The fourth-order valence-corrected chi connectivity index (χ4v) is 4.74. The van der Waals surface area contributed by atoms with Gasteiger partial charge in [0.2, 0.25) is 5.82 Å². The molecule has 1 N–H and O–H groups in total. The molecule has 4 aromatic rings. The third-order valence-corrected chi connectivity index (χ3v) is 6.57. The second-order valence-electron chi connectivity index (χ2n) is 9.44. The molecular formula is C27H30N6O4. The van der Waals surface area contributed by atoms with Crippen LogP contribution in [0.1, 0.15) is 54.6 Å². The number of benzene rings is 1. The molecule has 192 valence electrons. The Morgan fingerprint density at radius 1 is 1.03 bits per heavy atom. The van der Waals surface area contributed by atoms with Crippen molar-refractivity contribution in [3.8, 4) is 11.6 Å². The number of hydrogen-bond acceptors (Lipinski definition) is 7. The Hall–Kier alpha value is -4.21. The first kappa shape index (κ1) is 24.5. The van der Waals surface area contributed by atoms with Gasteiger partial charge in [0.05, 0.1) is 0 Å². The molecule has 3 aromatic heterocycles. The van der Waals surface area contributed by atoms with E-state index in [1.807, 2.05) is 45.0 Å². The summed E-state index contributed by atoms with van der Waals surface area (Å²) in [6, 6.07) is 13.6. The Morgan fingerprint density at radius 2 is 1.76 bits per heavy atom. The Morgan fingerprint density at radius 3 is 2.43 bits per heavy atom. The maximum absolute atomic E-state index is 13.9. The van der Waals surface area contributed by atoms with E-state index in [0.29, 0.717) is 23.0 Å². The summed E-state index contributed by atoms with van der Waals surface area (Å²) in [5.74, 6) is 1.85. The third-order valence-electron chi connectivity index (χ3n) is 6.57. The molecule has 1 saturated carbocycles. The van der Waals surface area contributed by atoms with Crippen LogP contribution in [0.4, 0.5) is 5.69 Å². The third kappa shape index (κ3) is 5.32. The standard InChI is InChI=1S/C27H30N6O4/c1-17-8-4-7-11-21(17)33(24(34)16-32-30-26(29-31-32)23-15-13-19(3)37-23)25(22-14-12-18(2)36-22)27(35)28-20-9-5-6-10-20/h4,7-8,11-15,20,25H,5-6,9-10,16H2,1-3H3,(H,28,35). The molecule has 2 amide bonds. The largest absolute Gasteiger partial charge is 0.464 e. The minimum Gasteiger partial charge on any atom is -0.464 e. The molecule has 37 heavy (non-hydrogen) atoms. The molecule has 1 atom stereocenters. The van der Waals surface area contributed by atoms with Crippen LogP contribution in [0, 0.1) is 20.8 Å². The molecule has 10 heteroatoms. The van der Waals surface area contributed by atoms with Gasteiger partial charge >= 0.3 is 0 Å². The van der Waals surface area contributed by atoms with Gasteiger partial charge in [-0.05, 0) is 74.7 Å². The van der Waals surface area contributed by atoms with E-state index in [0.717, 1.165) is 37.0 Å². The van der Waals surface area contributed by atoms with Gasteiger partial charge in [-0.1, -0.05) is 31.0 Å². The molecule has 1 unspecified atom stereocenters. The second kappa shape index (κ2) is 10.4. The molecule has 0 aliphatic heterocycles. The number of nitrogens with zero attached hydrogens (tertiary/aromatic N) is 5. The van der Waals surface area contributed by atoms with Crippen LogP contribution in [-0.4, -0.2) is 38.1 Å². The Bertz CT molecular complexity index is 1400. The van der Waals surface area contributed by atoms with Crippen molar-refractivity contribution in [3.63, 3.8) is 0 Å². The summed E-state index contributed by atoms with van der Waals surface area (Å²) >= 11 is 0. The lowest BCUT2D eigenvalue weighted by atomic mass is 10.1. The van der Waals surface area contributed by atoms with Gasteiger partial charge in [0.15, 0.2) is 11.8 Å². The first-order chi connectivity index (χ1) is 17.9. The summed E-state index contributed by atoms with van der Waals surface area (Å²) in [5, 5.41) is 15.6. The molecule has 1 fully saturated rings. The number of nitrogens with one attached hydrogen (secondary N) is 1. The normalized spacial score (nSPS) is 14.6. The molecule has 3 heterocycles. The zero-order valence-electron chi connectivity index (χ0n) is 21.2. The molecule has 0 spiro atoms. The van der Waals surface area contributed by atoms with Crippen LogP contribution in [0.5, 0.6) is 0 Å². The van der Waals surface area contributed by atoms with Crippen LogP contribution in [0.3, 0.4) is 0 Å². The van der Waals surface area contributed by atoms with Gasteiger partial charge in [-0.15, -0.1) is 10.2 Å². The number of aryl methyl sites for hydroxylation is 3. The number of aromatic nitrogens is 4. The molecule has 1 aromatic carbocycles. The quantitative estimate of drug-likeness (QED) is 0.382. The molecule has 5 rings (SSSR count). The number of hydrogen-bond donors (Lipinski definition) is 1. The summed E-state index contributed by atoms with van der Waals surface area (Å²) in [6.07, 6.45) is 3.99. The van der Waals surface area contributed by atoms with Gasteiger partial charge in [-0.3, -0.25) is 14.5 Å². The zero-order valence-corrected chi connectivity index (χ0v) is 21.2. The first-order valence-electron chi connectivity index (χ1n) is 12.5. The zero-order chi connectivity index (χ0) is 25.9. The summed E-state index contributed by atoms with van der Waals surface area (Å²) in [6.45, 7) is 5.31. The lowest BCUT2D eigenvalue weighted by Crippen LogP contribution is -2.47. The Labute approximate surface area is 214 Å². The lowest BCUT2D eigenvalue weighted by Gasteiger charge is -2.31. The van der Waals surface area contributed by atoms with Gasteiger partial charge in [0, 0.05) is 11.7 Å². The summed E-state index contributed by atoms with van der Waals surface area (Å²) in [7, 11) is 0. The van der Waals surface area contributed by atoms with Crippen molar-refractivity contribution in [1.82, 2.24) is 25.5 Å². The van der Waals surface area contributed by atoms with Gasteiger partial charge in [0.25, 0.3) is 11.8 Å². The molecular weight excluding hydrogens is 472 g/mol. The monoisotopic (exact) mass is 502 g/mol. The smallest absolute Gasteiger partial charge is 0.251 e. The van der Waals surface area contributed by atoms with Crippen molar-refractivity contribution >= 4 is 17.5 Å². The maximum Gasteiger partial charge on any atom is 0.251 e. The van der Waals surface area contributed by atoms with E-state index in [1.165, 1.54) is 9.70 Å². The number of carbonyl (C=O) groups excluding carboxylic acids is 2. The van der Waals surface area contributed by atoms with E-state index in [4.69, 9.17) is 8.83 Å². The minimum atomic E-state index is -1.00. The highest BCUT2D eigenvalue weighted by atomic mass is 16.3. The number of furan rings is 2. The van der Waals surface area contributed by atoms with Gasteiger partial charge in [0.1, 0.15) is 23.8 Å². The van der Waals surface area contributed by atoms with Gasteiger partial charge in [-0.25, -0.2) is 0 Å². The van der Waals surface area contributed by atoms with E-state index in [9.17, 15) is 9.59 Å². The van der Waals surface area contributed by atoms with Crippen molar-refractivity contribution in [2.75, 3.05) is 4.90 Å². The summed E-state index contributed by atoms with van der Waals surface area (Å²) < 4.78 is 11.5. The average Bonchev–Trinajstić information content (AvgIpc) is 3.67. The van der Waals surface area contributed by atoms with Crippen molar-refractivity contribution in [2.24, 2.45) is 0 Å². The summed E-state index contributed by atoms with van der Waals surface area (Å²) in [4.78, 5) is 30.4. The number of para-hydroxylation sites is 1. The lowest BCUT2D eigenvalue weighted by molar-refractivity contribution is -0.128. The van der Waals surface area contributed by atoms with E-state index < -0.39 is 6.04 Å². The van der Waals surface area contributed by atoms with E-state index in [1.54, 1.807) is 24.3 Å². The van der Waals surface area contributed by atoms with Crippen LogP contribution in [-0.2, 0) is 16.1 Å². The second-order valence-corrected chi connectivity index (χ2v) is 9.44. The van der Waals surface area contributed by atoms with Crippen molar-refractivity contribution in [2.45, 2.75) is 65.1 Å². The predicted molar refractivity (Wildman–Crippen MR) is 136 cm³/mol. The highest BCUT2D eigenvalue weighted by Gasteiger charge is 2.37. The topological polar surface area (TPSA) is 119 Å². The van der Waals surface area contributed by atoms with E-state index in [-0.39, 0.29) is 30.2 Å². The van der Waals surface area contributed by atoms with Crippen LogP contribution in [0.25, 0.3) is 11.6 Å². The van der Waals surface area contributed by atoms with Crippen LogP contribution >= 0.6 is 0 Å². The summed E-state index contributed by atoms with van der Waals surface area (Å²) in [5.41, 5.74) is 1.45. The fourth-order valence-electron chi connectivity index (χ4n) is 4.74. The van der Waals surface area contributed by atoms with E-state index in [2.05, 4.69) is 20.7 Å². The maximum atomic E-state index is 13.9. The molecule has 0 bridgehead atoms. The van der Waals surface area contributed by atoms with Gasteiger partial charge < -0.3 is 14.2 Å². The number of anilines is 1.